The molecule has 0 aliphatic heterocycles. The fourth-order valence-electron chi connectivity index (χ4n) is 6.67. The highest BCUT2D eigenvalue weighted by Gasteiger charge is 2.42. The van der Waals surface area contributed by atoms with Crippen molar-refractivity contribution in [2.75, 3.05) is 7.11 Å². The predicted molar refractivity (Wildman–Crippen MR) is 190 cm³/mol. The molecule has 0 atom stereocenters. The van der Waals surface area contributed by atoms with Gasteiger partial charge >= 0.3 is 5.97 Å². The van der Waals surface area contributed by atoms with E-state index in [4.69, 9.17) is 15.0 Å². The molecule has 242 valence electrons. The van der Waals surface area contributed by atoms with Gasteiger partial charge in [-0.05, 0) is 50.2 Å². The number of tetrazole rings is 1. The minimum Gasteiger partial charge on any atom is -0.464 e. The molecule has 0 radical (unpaired) electrons. The molecule has 2 heterocycles. The first kappa shape index (κ1) is 31.4. The van der Waals surface area contributed by atoms with Gasteiger partial charge in [-0.25, -0.2) is 14.5 Å². The third-order valence-electron chi connectivity index (χ3n) is 8.94. The number of aromatic nitrogens is 6. The van der Waals surface area contributed by atoms with E-state index in [2.05, 4.69) is 126 Å². The molecular weight excluding hydrogens is 608 g/mol. The number of nitrogens with zero attached hydrogens (tertiary/aromatic N) is 6. The average Bonchev–Trinajstić information content (AvgIpc) is 3.81. The highest BCUT2D eigenvalue weighted by molar-refractivity contribution is 5.87. The summed E-state index contributed by atoms with van der Waals surface area (Å²) in [6.07, 6.45) is 3.30. The summed E-state index contributed by atoms with van der Waals surface area (Å²) in [4.78, 5) is 17.0. The molecule has 0 fully saturated rings. The molecule has 0 spiro atoms. The molecule has 0 saturated heterocycles. The largest absolute Gasteiger partial charge is 0.464 e. The van der Waals surface area contributed by atoms with Gasteiger partial charge in [0.25, 0.3) is 0 Å². The van der Waals surface area contributed by atoms with E-state index in [1.165, 1.54) is 7.11 Å². The Hall–Kier alpha value is -6.15. The second kappa shape index (κ2) is 13.9. The van der Waals surface area contributed by atoms with E-state index >= 15 is 0 Å². The number of hydrogen-bond donors (Lipinski definition) is 0. The van der Waals surface area contributed by atoms with Crippen LogP contribution in [-0.2, 0) is 23.2 Å². The van der Waals surface area contributed by atoms with Crippen LogP contribution in [0.5, 0.6) is 0 Å². The van der Waals surface area contributed by atoms with Crippen molar-refractivity contribution in [3.05, 3.63) is 179 Å². The van der Waals surface area contributed by atoms with Gasteiger partial charge in [-0.15, -0.1) is 5.10 Å². The Balaban J connectivity index is 1.34. The van der Waals surface area contributed by atoms with Crippen LogP contribution in [0, 0.1) is 0 Å². The second-order valence-electron chi connectivity index (χ2n) is 11.9. The number of ether oxygens (including phenoxy) is 1. The van der Waals surface area contributed by atoms with Gasteiger partial charge < -0.3 is 9.30 Å². The van der Waals surface area contributed by atoms with Crippen molar-refractivity contribution in [1.29, 1.82) is 0 Å². The Bertz CT molecular complexity index is 2060. The summed E-state index contributed by atoms with van der Waals surface area (Å²) in [7, 11) is 1.39. The van der Waals surface area contributed by atoms with Gasteiger partial charge in [0.1, 0.15) is 17.1 Å². The van der Waals surface area contributed by atoms with Crippen LogP contribution in [0.25, 0.3) is 22.5 Å². The van der Waals surface area contributed by atoms with E-state index in [9.17, 15) is 4.79 Å². The lowest BCUT2D eigenvalue weighted by atomic mass is 9.77. The molecule has 7 rings (SSSR count). The van der Waals surface area contributed by atoms with Gasteiger partial charge in [0.15, 0.2) is 5.82 Å². The van der Waals surface area contributed by atoms with Crippen LogP contribution < -0.4 is 0 Å². The Morgan fingerprint density at radius 3 is 1.82 bits per heavy atom. The summed E-state index contributed by atoms with van der Waals surface area (Å²) < 4.78 is 8.94. The van der Waals surface area contributed by atoms with Gasteiger partial charge in [0.2, 0.25) is 0 Å². The number of carbonyl (C=O) groups excluding carboxylic acids is 1. The number of imidazole rings is 1. The summed E-state index contributed by atoms with van der Waals surface area (Å²) in [6.45, 7) is 2.61. The Morgan fingerprint density at radius 1 is 0.714 bits per heavy atom. The number of methoxy groups -OCH3 is 1. The molecule has 0 unspecified atom stereocenters. The summed E-state index contributed by atoms with van der Waals surface area (Å²) in [5.41, 5.74) is 6.67. The van der Waals surface area contributed by atoms with Gasteiger partial charge in [-0.1, -0.05) is 146 Å². The number of benzene rings is 5. The van der Waals surface area contributed by atoms with Crippen molar-refractivity contribution in [1.82, 2.24) is 29.8 Å². The van der Waals surface area contributed by atoms with E-state index in [-0.39, 0.29) is 0 Å². The first-order valence-corrected chi connectivity index (χ1v) is 16.4. The van der Waals surface area contributed by atoms with Crippen LogP contribution in [-0.4, -0.2) is 42.8 Å². The van der Waals surface area contributed by atoms with Crippen LogP contribution in [0.15, 0.2) is 146 Å². The van der Waals surface area contributed by atoms with Crippen LogP contribution in [0.3, 0.4) is 0 Å². The van der Waals surface area contributed by atoms with Gasteiger partial charge in [0, 0.05) is 18.5 Å². The fraction of sp³-hybridized carbons (Fsp3) is 0.146. The lowest BCUT2D eigenvalue weighted by Crippen LogP contribution is -2.39. The lowest BCUT2D eigenvalue weighted by molar-refractivity contribution is 0.0588. The maximum absolute atomic E-state index is 12.5. The SMILES string of the molecule is CCCc1ncc(C(=O)OC)n1Cc1ccc(-c2ccccc2-c2nnnn2C(c2ccccc2)(c2ccccc2)c2ccccc2)cc1. The van der Waals surface area contributed by atoms with Crippen molar-refractivity contribution in [3.8, 4) is 22.5 Å². The summed E-state index contributed by atoms with van der Waals surface area (Å²) in [5, 5.41) is 13.7. The first-order valence-electron chi connectivity index (χ1n) is 16.4. The van der Waals surface area contributed by atoms with Crippen molar-refractivity contribution in [2.45, 2.75) is 31.8 Å². The summed E-state index contributed by atoms with van der Waals surface area (Å²) in [5.74, 6) is 1.11. The van der Waals surface area contributed by atoms with Crippen molar-refractivity contribution in [3.63, 3.8) is 0 Å². The molecular formula is C41H36N6O2. The van der Waals surface area contributed by atoms with E-state index in [0.29, 0.717) is 18.1 Å². The van der Waals surface area contributed by atoms with E-state index in [1.807, 2.05) is 39.6 Å². The zero-order valence-corrected chi connectivity index (χ0v) is 27.5. The zero-order valence-electron chi connectivity index (χ0n) is 27.5. The lowest BCUT2D eigenvalue weighted by Gasteiger charge is -2.36. The quantitative estimate of drug-likeness (QED) is 0.105. The highest BCUT2D eigenvalue weighted by Crippen LogP contribution is 2.43. The predicted octanol–water partition coefficient (Wildman–Crippen LogP) is 7.83. The Morgan fingerprint density at radius 2 is 1.27 bits per heavy atom. The normalized spacial score (nSPS) is 11.4. The first-order chi connectivity index (χ1) is 24.1. The fourth-order valence-corrected chi connectivity index (χ4v) is 6.67. The summed E-state index contributed by atoms with van der Waals surface area (Å²) >= 11 is 0. The van der Waals surface area contributed by atoms with Crippen molar-refractivity contribution >= 4 is 5.97 Å². The number of aryl methyl sites for hydroxylation is 1. The minimum atomic E-state index is -0.863. The van der Waals surface area contributed by atoms with Gasteiger partial charge in [-0.3, -0.25) is 0 Å². The van der Waals surface area contributed by atoms with Crippen LogP contribution in [0.1, 0.15) is 51.9 Å². The third-order valence-corrected chi connectivity index (χ3v) is 8.94. The maximum atomic E-state index is 12.5. The summed E-state index contributed by atoms with van der Waals surface area (Å²) in [6, 6.07) is 47.8. The van der Waals surface area contributed by atoms with Crippen molar-refractivity contribution in [2.24, 2.45) is 0 Å². The molecule has 8 heteroatoms. The van der Waals surface area contributed by atoms with E-state index in [0.717, 1.165) is 57.6 Å². The molecule has 5 aromatic carbocycles. The Labute approximate surface area is 285 Å². The molecule has 49 heavy (non-hydrogen) atoms. The average molecular weight is 645 g/mol. The van der Waals surface area contributed by atoms with Gasteiger partial charge in [-0.2, -0.15) is 0 Å². The Kier molecular flexibility index (Phi) is 8.93. The number of hydrogen-bond acceptors (Lipinski definition) is 6. The topological polar surface area (TPSA) is 87.7 Å². The molecule has 0 aliphatic rings. The molecule has 0 N–H and O–H groups in total. The number of rotatable bonds is 11. The molecule has 0 amide bonds. The molecule has 2 aromatic heterocycles. The maximum Gasteiger partial charge on any atom is 0.356 e. The van der Waals surface area contributed by atoms with E-state index < -0.39 is 11.5 Å². The highest BCUT2D eigenvalue weighted by atomic mass is 16.5. The molecule has 0 bridgehead atoms. The molecule has 7 aromatic rings. The zero-order chi connectivity index (χ0) is 33.6. The minimum absolute atomic E-state index is 0.393. The number of carbonyl (C=O) groups is 1. The standard InChI is InChI=1S/C41H36N6O2/c1-3-15-38-42-28-37(40(48)49-2)46(38)29-30-24-26-31(27-25-30)35-22-13-14-23-36(35)39-43-44-45-47(39)41(32-16-7-4-8-17-32,33-18-9-5-10-19-33)34-20-11-6-12-21-34/h4-14,16-28H,3,15,29H2,1-2H3. The smallest absolute Gasteiger partial charge is 0.356 e. The van der Waals surface area contributed by atoms with Crippen LogP contribution >= 0.6 is 0 Å². The number of esters is 1. The third kappa shape index (κ3) is 5.82. The van der Waals surface area contributed by atoms with E-state index in [1.54, 1.807) is 6.20 Å². The van der Waals surface area contributed by atoms with Crippen LogP contribution in [0.2, 0.25) is 0 Å². The monoisotopic (exact) mass is 644 g/mol. The van der Waals surface area contributed by atoms with Crippen LogP contribution in [0.4, 0.5) is 0 Å². The van der Waals surface area contributed by atoms with Crippen molar-refractivity contribution < 1.29 is 9.53 Å². The second-order valence-corrected chi connectivity index (χ2v) is 11.9. The molecule has 0 saturated carbocycles. The molecule has 0 aliphatic carbocycles. The van der Waals surface area contributed by atoms with Gasteiger partial charge in [0.05, 0.1) is 13.3 Å². The molecule has 8 nitrogen and oxygen atoms in total.